The molecule has 0 atom stereocenters. The molecule has 4 rings (SSSR count). The zero-order chi connectivity index (χ0) is 24.8. The van der Waals surface area contributed by atoms with E-state index in [1.165, 1.54) is 31.2 Å². The fourth-order valence-corrected chi connectivity index (χ4v) is 4.40. The Morgan fingerprint density at radius 1 is 1.20 bits per heavy atom. The molecule has 8 nitrogen and oxygen atoms in total. The summed E-state index contributed by atoms with van der Waals surface area (Å²) in [7, 11) is 0. The van der Waals surface area contributed by atoms with E-state index in [4.69, 9.17) is 4.74 Å². The summed E-state index contributed by atoms with van der Waals surface area (Å²) in [5, 5.41) is 14.1. The molecule has 2 aromatic carbocycles. The van der Waals surface area contributed by atoms with Crippen LogP contribution in [-0.4, -0.2) is 43.1 Å². The molecule has 2 amide bonds. The minimum atomic E-state index is -0.585. The lowest BCUT2D eigenvalue weighted by molar-refractivity contribution is -0.116. The van der Waals surface area contributed by atoms with E-state index in [2.05, 4.69) is 15.2 Å². The number of halogens is 1. The highest BCUT2D eigenvalue weighted by Gasteiger charge is 2.21. The lowest BCUT2D eigenvalue weighted by atomic mass is 10.2. The first-order chi connectivity index (χ1) is 17.0. The van der Waals surface area contributed by atoms with Gasteiger partial charge in [-0.1, -0.05) is 12.1 Å². The van der Waals surface area contributed by atoms with E-state index in [1.54, 1.807) is 23.6 Å². The summed E-state index contributed by atoms with van der Waals surface area (Å²) in [6.45, 7) is 4.28. The topological polar surface area (TPSA) is 98.6 Å². The number of carbonyl (C=O) groups excluding carboxylic acids is 2. The molecular weight excluding hydrogens is 469 g/mol. The van der Waals surface area contributed by atoms with Crippen molar-refractivity contribution in [1.29, 1.82) is 5.26 Å². The van der Waals surface area contributed by atoms with Gasteiger partial charge in [0.05, 0.1) is 24.6 Å². The lowest BCUT2D eigenvalue weighted by Crippen LogP contribution is -2.36. The fourth-order valence-electron chi connectivity index (χ4n) is 3.56. The Morgan fingerprint density at radius 2 is 1.91 bits per heavy atom. The van der Waals surface area contributed by atoms with Gasteiger partial charge in [0, 0.05) is 36.8 Å². The smallest absolute Gasteiger partial charge is 0.266 e. The van der Waals surface area contributed by atoms with Crippen LogP contribution >= 0.6 is 11.3 Å². The number of aromatic nitrogens is 1. The monoisotopic (exact) mass is 491 g/mol. The van der Waals surface area contributed by atoms with Gasteiger partial charge in [-0.15, -0.1) is 11.3 Å². The maximum atomic E-state index is 14.3. The number of ether oxygens (including phenoxy) is 1. The molecule has 0 spiro atoms. The Kier molecular flexibility index (Phi) is 7.50. The molecular formula is C25H22FN5O3S. The van der Waals surface area contributed by atoms with Gasteiger partial charge in [-0.3, -0.25) is 14.5 Å². The second kappa shape index (κ2) is 10.9. The molecule has 0 saturated carbocycles. The van der Waals surface area contributed by atoms with Gasteiger partial charge in [0.15, 0.2) is 5.13 Å². The molecule has 0 aliphatic carbocycles. The van der Waals surface area contributed by atoms with Crippen LogP contribution in [0, 0.1) is 17.1 Å². The van der Waals surface area contributed by atoms with Crippen LogP contribution in [0.25, 0.3) is 6.08 Å². The van der Waals surface area contributed by atoms with Crippen molar-refractivity contribution >= 4 is 51.4 Å². The average molecular weight is 492 g/mol. The quantitative estimate of drug-likeness (QED) is 0.407. The summed E-state index contributed by atoms with van der Waals surface area (Å²) in [6, 6.07) is 15.1. The number of nitrogens with zero attached hydrogens (tertiary/aromatic N) is 4. The molecule has 1 fully saturated rings. The number of carbonyl (C=O) groups is 2. The Bertz CT molecular complexity index is 1290. The molecule has 35 heavy (non-hydrogen) atoms. The van der Waals surface area contributed by atoms with Gasteiger partial charge in [-0.2, -0.15) is 5.26 Å². The van der Waals surface area contributed by atoms with Crippen molar-refractivity contribution in [3.05, 3.63) is 71.0 Å². The van der Waals surface area contributed by atoms with Crippen LogP contribution in [0.5, 0.6) is 0 Å². The van der Waals surface area contributed by atoms with Crippen LogP contribution in [0.15, 0.2) is 59.5 Å². The number of rotatable bonds is 6. The molecule has 0 unspecified atom stereocenters. The summed E-state index contributed by atoms with van der Waals surface area (Å²) in [4.78, 5) is 32.6. The van der Waals surface area contributed by atoms with E-state index in [-0.39, 0.29) is 16.4 Å². The van der Waals surface area contributed by atoms with E-state index < -0.39 is 17.6 Å². The first-order valence-corrected chi connectivity index (χ1v) is 11.7. The molecule has 2 heterocycles. The molecule has 1 saturated heterocycles. The van der Waals surface area contributed by atoms with E-state index in [0.29, 0.717) is 24.6 Å². The third-order valence-electron chi connectivity index (χ3n) is 5.27. The predicted octanol–water partition coefficient (Wildman–Crippen LogP) is 4.35. The standard InChI is InChI=1S/C25H22FN5O3S/c1-17(32)31(23-5-3-2-4-22(23)26)25-29-20(16-35-25)14-18(15-27)24(33)28-19-6-8-21(9-7-19)30-10-12-34-13-11-30/h2-9,14,16H,10-13H2,1H3,(H,28,33)/b18-14+. The molecule has 1 aromatic heterocycles. The molecule has 1 aliphatic rings. The third-order valence-corrected chi connectivity index (χ3v) is 6.11. The van der Waals surface area contributed by atoms with Gasteiger partial charge >= 0.3 is 0 Å². The maximum absolute atomic E-state index is 14.3. The lowest BCUT2D eigenvalue weighted by Gasteiger charge is -2.28. The van der Waals surface area contributed by atoms with E-state index in [9.17, 15) is 19.2 Å². The number of hydrogen-bond donors (Lipinski definition) is 1. The van der Waals surface area contributed by atoms with Crippen molar-refractivity contribution in [2.75, 3.05) is 41.4 Å². The van der Waals surface area contributed by atoms with Gasteiger partial charge in [-0.25, -0.2) is 9.37 Å². The highest BCUT2D eigenvalue weighted by Crippen LogP contribution is 2.31. The average Bonchev–Trinajstić information content (AvgIpc) is 3.32. The van der Waals surface area contributed by atoms with Crippen molar-refractivity contribution in [2.45, 2.75) is 6.92 Å². The number of para-hydroxylation sites is 1. The Morgan fingerprint density at radius 3 is 2.57 bits per heavy atom. The summed E-state index contributed by atoms with van der Waals surface area (Å²) in [6.07, 6.45) is 1.33. The van der Waals surface area contributed by atoms with Gasteiger partial charge in [-0.05, 0) is 42.5 Å². The van der Waals surface area contributed by atoms with Crippen molar-refractivity contribution in [3.8, 4) is 6.07 Å². The predicted molar refractivity (Wildman–Crippen MR) is 133 cm³/mol. The molecule has 178 valence electrons. The van der Waals surface area contributed by atoms with E-state index in [1.807, 2.05) is 18.2 Å². The van der Waals surface area contributed by atoms with Crippen LogP contribution in [0.1, 0.15) is 12.6 Å². The maximum Gasteiger partial charge on any atom is 0.266 e. The van der Waals surface area contributed by atoms with Crippen molar-refractivity contribution < 1.29 is 18.7 Å². The zero-order valence-electron chi connectivity index (χ0n) is 18.9. The van der Waals surface area contributed by atoms with Crippen LogP contribution in [-0.2, 0) is 14.3 Å². The minimum Gasteiger partial charge on any atom is -0.378 e. The number of morpholine rings is 1. The second-order valence-corrected chi connectivity index (χ2v) is 8.47. The number of benzene rings is 2. The number of anilines is 4. The highest BCUT2D eigenvalue weighted by molar-refractivity contribution is 7.14. The number of hydrogen-bond acceptors (Lipinski definition) is 7. The normalized spacial score (nSPS) is 13.7. The van der Waals surface area contributed by atoms with Crippen molar-refractivity contribution in [2.24, 2.45) is 0 Å². The van der Waals surface area contributed by atoms with Crippen molar-refractivity contribution in [3.63, 3.8) is 0 Å². The van der Waals surface area contributed by atoms with Crippen LogP contribution in [0.3, 0.4) is 0 Å². The third kappa shape index (κ3) is 5.71. The summed E-state index contributed by atoms with van der Waals surface area (Å²) in [5.74, 6) is -1.57. The van der Waals surface area contributed by atoms with Crippen LogP contribution in [0.2, 0.25) is 0 Å². The van der Waals surface area contributed by atoms with E-state index >= 15 is 0 Å². The van der Waals surface area contributed by atoms with Crippen LogP contribution < -0.4 is 15.1 Å². The first-order valence-electron chi connectivity index (χ1n) is 10.8. The van der Waals surface area contributed by atoms with Crippen LogP contribution in [0.4, 0.5) is 26.6 Å². The summed E-state index contributed by atoms with van der Waals surface area (Å²) >= 11 is 1.10. The Balaban J connectivity index is 1.49. The summed E-state index contributed by atoms with van der Waals surface area (Å²) in [5.41, 5.74) is 1.81. The minimum absolute atomic E-state index is 0.0728. The molecule has 0 radical (unpaired) electrons. The fraction of sp³-hybridized carbons (Fsp3) is 0.200. The molecule has 1 aliphatic heterocycles. The highest BCUT2D eigenvalue weighted by atomic mass is 32.1. The number of thiazole rings is 1. The zero-order valence-corrected chi connectivity index (χ0v) is 19.7. The van der Waals surface area contributed by atoms with Crippen molar-refractivity contribution in [1.82, 2.24) is 4.98 Å². The SMILES string of the molecule is CC(=O)N(c1nc(/C=C(\C#N)C(=O)Nc2ccc(N3CCOCC3)cc2)cs1)c1ccccc1F. The van der Waals surface area contributed by atoms with Gasteiger partial charge in [0.1, 0.15) is 17.5 Å². The van der Waals surface area contributed by atoms with Gasteiger partial charge < -0.3 is 15.0 Å². The molecule has 1 N–H and O–H groups in total. The number of nitriles is 1. The first kappa shape index (κ1) is 24.1. The number of nitrogens with one attached hydrogen (secondary N) is 1. The number of amides is 2. The molecule has 3 aromatic rings. The second-order valence-electron chi connectivity index (χ2n) is 7.63. The van der Waals surface area contributed by atoms with Gasteiger partial charge in [0.2, 0.25) is 5.91 Å². The molecule has 10 heteroatoms. The van der Waals surface area contributed by atoms with Gasteiger partial charge in [0.25, 0.3) is 5.91 Å². The largest absolute Gasteiger partial charge is 0.378 e. The Labute approximate surface area is 205 Å². The summed E-state index contributed by atoms with van der Waals surface area (Å²) < 4.78 is 19.6. The van der Waals surface area contributed by atoms with E-state index in [0.717, 1.165) is 35.0 Å². The molecule has 0 bridgehead atoms. The Hall–Kier alpha value is -4.07.